The monoisotopic (exact) mass is 343 g/mol. The van der Waals surface area contributed by atoms with Gasteiger partial charge in [-0.15, -0.1) is 0 Å². The third kappa shape index (κ3) is 3.80. The molecule has 2 aliphatic rings. The van der Waals surface area contributed by atoms with Crippen molar-refractivity contribution in [2.45, 2.75) is 40.0 Å². The summed E-state index contributed by atoms with van der Waals surface area (Å²) in [6, 6.07) is 6.13. The molecule has 3 rings (SSSR count). The van der Waals surface area contributed by atoms with Gasteiger partial charge in [-0.1, -0.05) is 20.8 Å². The topological polar surface area (TPSA) is 52.7 Å². The molecule has 5 heteroatoms. The summed E-state index contributed by atoms with van der Waals surface area (Å²) < 4.78 is 0. The molecule has 1 unspecified atom stereocenters. The number of piperidine rings is 1. The Balaban J connectivity index is 1.64. The molecule has 1 atom stereocenters. The Labute approximate surface area is 150 Å². The molecule has 0 spiro atoms. The van der Waals surface area contributed by atoms with E-state index in [4.69, 9.17) is 0 Å². The Morgan fingerprint density at radius 2 is 1.96 bits per heavy atom. The molecule has 0 radical (unpaired) electrons. The third-order valence-corrected chi connectivity index (χ3v) is 5.20. The van der Waals surface area contributed by atoms with E-state index in [1.165, 1.54) is 11.3 Å². The lowest BCUT2D eigenvalue weighted by Gasteiger charge is -2.35. The number of nitrogens with zero attached hydrogens (tertiary/aromatic N) is 2. The van der Waals surface area contributed by atoms with Crippen LogP contribution in [0.25, 0.3) is 0 Å². The minimum Gasteiger partial charge on any atom is -0.374 e. The zero-order valence-corrected chi connectivity index (χ0v) is 15.8. The molecular weight excluding hydrogens is 314 g/mol. The van der Waals surface area contributed by atoms with Crippen LogP contribution < -0.4 is 10.2 Å². The Kier molecular flexibility index (Phi) is 4.76. The molecule has 1 N–H and O–H groups in total. The lowest BCUT2D eigenvalue weighted by Crippen LogP contribution is -2.47. The molecule has 2 amide bonds. The normalized spacial score (nSPS) is 20.4. The van der Waals surface area contributed by atoms with Gasteiger partial charge in [-0.05, 0) is 43.0 Å². The number of likely N-dealkylation sites (tertiary alicyclic amines) is 1. The standard InChI is InChI=1S/C20H29N3O2/c1-20(2,3)19(25)23-10-5-6-15(13-23)18(24)21-16-7-8-17-14(12-16)9-11-22(17)4/h7-8,12,15H,5-6,9-11,13H2,1-4H3,(H,21,24). The van der Waals surface area contributed by atoms with E-state index in [0.29, 0.717) is 6.54 Å². The largest absolute Gasteiger partial charge is 0.374 e. The van der Waals surface area contributed by atoms with Gasteiger partial charge < -0.3 is 15.1 Å². The van der Waals surface area contributed by atoms with Crippen LogP contribution in [0.3, 0.4) is 0 Å². The number of anilines is 2. The van der Waals surface area contributed by atoms with Crippen LogP contribution in [-0.2, 0) is 16.0 Å². The van der Waals surface area contributed by atoms with Crippen molar-refractivity contribution in [2.24, 2.45) is 11.3 Å². The summed E-state index contributed by atoms with van der Waals surface area (Å²) in [5.41, 5.74) is 2.99. The van der Waals surface area contributed by atoms with Crippen LogP contribution in [0.5, 0.6) is 0 Å². The molecule has 1 aromatic rings. The first-order valence-corrected chi connectivity index (χ1v) is 9.20. The molecule has 0 aliphatic carbocycles. The fourth-order valence-electron chi connectivity index (χ4n) is 3.74. The lowest BCUT2D eigenvalue weighted by molar-refractivity contribution is -0.142. The molecule has 0 aromatic heterocycles. The highest BCUT2D eigenvalue weighted by Gasteiger charge is 2.33. The minimum atomic E-state index is -0.398. The van der Waals surface area contributed by atoms with Crippen molar-refractivity contribution in [3.05, 3.63) is 23.8 Å². The molecule has 1 saturated heterocycles. The number of amides is 2. The van der Waals surface area contributed by atoms with Crippen LogP contribution in [0.4, 0.5) is 11.4 Å². The molecule has 25 heavy (non-hydrogen) atoms. The zero-order chi connectivity index (χ0) is 18.2. The summed E-state index contributed by atoms with van der Waals surface area (Å²) >= 11 is 0. The first-order valence-electron chi connectivity index (χ1n) is 9.20. The number of likely N-dealkylation sites (N-methyl/N-ethyl adjacent to an activating group) is 1. The fourth-order valence-corrected chi connectivity index (χ4v) is 3.74. The smallest absolute Gasteiger partial charge is 0.229 e. The van der Waals surface area contributed by atoms with Gasteiger partial charge in [0.25, 0.3) is 0 Å². The Hall–Kier alpha value is -2.04. The second kappa shape index (κ2) is 6.70. The Bertz CT molecular complexity index is 678. The number of hydrogen-bond donors (Lipinski definition) is 1. The van der Waals surface area contributed by atoms with Crippen molar-refractivity contribution < 1.29 is 9.59 Å². The van der Waals surface area contributed by atoms with E-state index >= 15 is 0 Å². The van der Waals surface area contributed by atoms with E-state index in [1.807, 2.05) is 31.7 Å². The average Bonchev–Trinajstić information content (AvgIpc) is 2.94. The zero-order valence-electron chi connectivity index (χ0n) is 15.8. The number of carbonyl (C=O) groups is 2. The predicted molar refractivity (Wildman–Crippen MR) is 101 cm³/mol. The average molecular weight is 343 g/mol. The van der Waals surface area contributed by atoms with Gasteiger partial charge >= 0.3 is 0 Å². The van der Waals surface area contributed by atoms with Crippen molar-refractivity contribution in [3.63, 3.8) is 0 Å². The van der Waals surface area contributed by atoms with Gasteiger partial charge in [0.2, 0.25) is 11.8 Å². The number of rotatable bonds is 2. The lowest BCUT2D eigenvalue weighted by atomic mass is 9.91. The maximum Gasteiger partial charge on any atom is 0.229 e. The van der Waals surface area contributed by atoms with Crippen molar-refractivity contribution in [1.82, 2.24) is 4.90 Å². The molecule has 0 saturated carbocycles. The summed E-state index contributed by atoms with van der Waals surface area (Å²) in [6.07, 6.45) is 2.75. The highest BCUT2D eigenvalue weighted by atomic mass is 16.2. The van der Waals surface area contributed by atoms with Gasteiger partial charge in [0, 0.05) is 43.5 Å². The highest BCUT2D eigenvalue weighted by Crippen LogP contribution is 2.30. The Morgan fingerprint density at radius 3 is 2.68 bits per heavy atom. The van der Waals surface area contributed by atoms with Crippen LogP contribution in [0, 0.1) is 11.3 Å². The van der Waals surface area contributed by atoms with Gasteiger partial charge in [0.15, 0.2) is 0 Å². The van der Waals surface area contributed by atoms with E-state index in [9.17, 15) is 9.59 Å². The molecule has 0 bridgehead atoms. The maximum atomic E-state index is 12.7. The van der Waals surface area contributed by atoms with Gasteiger partial charge in [-0.3, -0.25) is 9.59 Å². The highest BCUT2D eigenvalue weighted by molar-refractivity contribution is 5.93. The molecule has 5 nitrogen and oxygen atoms in total. The first-order chi connectivity index (χ1) is 11.8. The SMILES string of the molecule is CN1CCc2cc(NC(=O)C3CCCN(C(=O)C(C)(C)C)C3)ccc21. The predicted octanol–water partition coefficient (Wildman–Crippen LogP) is 2.90. The van der Waals surface area contributed by atoms with Gasteiger partial charge in [-0.25, -0.2) is 0 Å². The summed E-state index contributed by atoms with van der Waals surface area (Å²) in [4.78, 5) is 29.3. The molecular formula is C20H29N3O2. The minimum absolute atomic E-state index is 0.0257. The number of nitrogens with one attached hydrogen (secondary N) is 1. The molecule has 2 aliphatic heterocycles. The van der Waals surface area contributed by atoms with Gasteiger partial charge in [0.05, 0.1) is 5.92 Å². The number of benzene rings is 1. The number of hydrogen-bond acceptors (Lipinski definition) is 3. The second-order valence-electron chi connectivity index (χ2n) is 8.34. The second-order valence-corrected chi connectivity index (χ2v) is 8.34. The van der Waals surface area contributed by atoms with E-state index in [-0.39, 0.29) is 17.7 Å². The van der Waals surface area contributed by atoms with E-state index in [0.717, 1.165) is 38.0 Å². The maximum absolute atomic E-state index is 12.7. The summed E-state index contributed by atoms with van der Waals surface area (Å²) in [5, 5.41) is 3.06. The third-order valence-electron chi connectivity index (χ3n) is 5.20. The molecule has 2 heterocycles. The van der Waals surface area contributed by atoms with E-state index < -0.39 is 5.41 Å². The van der Waals surface area contributed by atoms with Gasteiger partial charge in [-0.2, -0.15) is 0 Å². The van der Waals surface area contributed by atoms with Crippen LogP contribution in [0.2, 0.25) is 0 Å². The molecule has 136 valence electrons. The van der Waals surface area contributed by atoms with E-state index in [1.54, 1.807) is 0 Å². The number of carbonyl (C=O) groups excluding carboxylic acids is 2. The summed E-state index contributed by atoms with van der Waals surface area (Å²) in [7, 11) is 2.09. The quantitative estimate of drug-likeness (QED) is 0.898. The van der Waals surface area contributed by atoms with Crippen molar-refractivity contribution >= 4 is 23.2 Å². The summed E-state index contributed by atoms with van der Waals surface area (Å²) in [6.45, 7) is 8.10. The summed E-state index contributed by atoms with van der Waals surface area (Å²) in [5.74, 6) is 0.0271. The molecule has 1 aromatic carbocycles. The molecule has 1 fully saturated rings. The van der Waals surface area contributed by atoms with Crippen LogP contribution >= 0.6 is 0 Å². The van der Waals surface area contributed by atoms with E-state index in [2.05, 4.69) is 29.4 Å². The van der Waals surface area contributed by atoms with Crippen LogP contribution in [0.1, 0.15) is 39.2 Å². The first kappa shape index (κ1) is 17.8. The van der Waals surface area contributed by atoms with Crippen molar-refractivity contribution in [3.8, 4) is 0 Å². The van der Waals surface area contributed by atoms with Crippen molar-refractivity contribution in [1.29, 1.82) is 0 Å². The van der Waals surface area contributed by atoms with Crippen LogP contribution in [0.15, 0.2) is 18.2 Å². The van der Waals surface area contributed by atoms with Crippen molar-refractivity contribution in [2.75, 3.05) is 36.9 Å². The van der Waals surface area contributed by atoms with Gasteiger partial charge in [0.1, 0.15) is 0 Å². The number of fused-ring (bicyclic) bond motifs is 1. The fraction of sp³-hybridized carbons (Fsp3) is 0.600. The van der Waals surface area contributed by atoms with Crippen LogP contribution in [-0.4, -0.2) is 43.4 Å². The Morgan fingerprint density at radius 1 is 1.20 bits per heavy atom.